The topological polar surface area (TPSA) is 52.2 Å². The minimum Gasteiger partial charge on any atom is -0.333 e. The van der Waals surface area contributed by atoms with Crippen molar-refractivity contribution in [1.29, 1.82) is 0 Å². The predicted molar refractivity (Wildman–Crippen MR) is 60.8 cm³/mol. The summed E-state index contributed by atoms with van der Waals surface area (Å²) < 4.78 is 0. The van der Waals surface area contributed by atoms with Crippen LogP contribution in [0.1, 0.15) is 5.69 Å². The fourth-order valence-corrected chi connectivity index (χ4v) is 2.14. The van der Waals surface area contributed by atoms with Gasteiger partial charge in [0.25, 0.3) is 0 Å². The molecule has 1 fully saturated rings. The van der Waals surface area contributed by atoms with Gasteiger partial charge in [-0.25, -0.2) is 4.99 Å². The number of rotatable bonds is 2. The van der Waals surface area contributed by atoms with E-state index < -0.39 is 0 Å². The van der Waals surface area contributed by atoms with Crippen LogP contribution in [-0.2, 0) is 5.88 Å². The van der Waals surface area contributed by atoms with Crippen LogP contribution in [-0.4, -0.2) is 24.4 Å². The number of H-pyrrole nitrogens is 1. The molecule has 3 N–H and O–H groups in total. The molecule has 0 saturated carbocycles. The van der Waals surface area contributed by atoms with Gasteiger partial charge in [0.1, 0.15) is 0 Å². The van der Waals surface area contributed by atoms with Crippen molar-refractivity contribution >= 4 is 35.3 Å². The van der Waals surface area contributed by atoms with Crippen LogP contribution in [0, 0.1) is 0 Å². The number of halogens is 2. The summed E-state index contributed by atoms with van der Waals surface area (Å²) in [4.78, 5) is 8.44. The highest BCUT2D eigenvalue weighted by molar-refractivity contribution is 7.07. The van der Waals surface area contributed by atoms with Crippen LogP contribution in [0.15, 0.2) is 10.4 Å². The number of thiazole rings is 1. The number of aromatic nitrogens is 1. The maximum Gasteiger partial charge on any atom is 0.185 e. The van der Waals surface area contributed by atoms with Gasteiger partial charge in [-0.2, -0.15) is 0 Å². The average Bonchev–Trinajstić information content (AvgIpc) is 2.76. The lowest BCUT2D eigenvalue weighted by molar-refractivity contribution is 0.566. The molecular weight excluding hydrogens is 243 g/mol. The summed E-state index contributed by atoms with van der Waals surface area (Å²) in [7, 11) is 0. The Morgan fingerprint density at radius 3 is 2.79 bits per heavy atom. The molecule has 0 radical (unpaired) electrons. The lowest BCUT2D eigenvalue weighted by Gasteiger charge is -2.00. The van der Waals surface area contributed by atoms with Crippen LogP contribution in [0.2, 0.25) is 0 Å². The van der Waals surface area contributed by atoms with E-state index in [2.05, 4.69) is 20.6 Å². The van der Waals surface area contributed by atoms with Crippen LogP contribution < -0.4 is 15.4 Å². The number of hydrogen-bond acceptors (Lipinski definition) is 4. The molecule has 2 rings (SSSR count). The second-order valence-corrected chi connectivity index (χ2v) is 3.89. The monoisotopic (exact) mass is 254 g/mol. The van der Waals surface area contributed by atoms with Crippen molar-refractivity contribution in [1.82, 2.24) is 15.6 Å². The first-order chi connectivity index (χ1) is 6.38. The Morgan fingerprint density at radius 1 is 1.50 bits per heavy atom. The SMILES string of the molecule is Cl.ClCc1cs/c(=N/C2NCCN2)[nH]1. The number of nitrogens with zero attached hydrogens (tertiary/aromatic N) is 1. The number of alkyl halides is 1. The van der Waals surface area contributed by atoms with Crippen LogP contribution in [0.25, 0.3) is 0 Å². The van der Waals surface area contributed by atoms with Gasteiger partial charge in [-0.15, -0.1) is 35.3 Å². The van der Waals surface area contributed by atoms with Crippen molar-refractivity contribution in [3.05, 3.63) is 15.9 Å². The number of hydrogen-bond donors (Lipinski definition) is 3. The molecule has 1 aliphatic rings. The summed E-state index contributed by atoms with van der Waals surface area (Å²) in [5.41, 5.74) is 1.02. The molecule has 0 bridgehead atoms. The molecule has 0 aromatic carbocycles. The van der Waals surface area contributed by atoms with Gasteiger partial charge in [-0.05, 0) is 0 Å². The minimum absolute atomic E-state index is 0. The minimum atomic E-state index is 0. The first kappa shape index (κ1) is 12.0. The molecule has 0 aliphatic carbocycles. The predicted octanol–water partition coefficient (Wildman–Crippen LogP) is 0.614. The van der Waals surface area contributed by atoms with Crippen LogP contribution in [0.3, 0.4) is 0 Å². The lowest BCUT2D eigenvalue weighted by atomic mass is 10.6. The van der Waals surface area contributed by atoms with E-state index in [0.29, 0.717) is 5.88 Å². The third-order valence-electron chi connectivity index (χ3n) is 1.77. The van der Waals surface area contributed by atoms with Crippen molar-refractivity contribution in [3.63, 3.8) is 0 Å². The zero-order chi connectivity index (χ0) is 9.10. The molecule has 1 aromatic heterocycles. The maximum atomic E-state index is 5.66. The third-order valence-corrected chi connectivity index (χ3v) is 2.89. The van der Waals surface area contributed by atoms with Gasteiger partial charge in [0.05, 0.1) is 5.88 Å². The zero-order valence-corrected chi connectivity index (χ0v) is 9.81. The molecule has 2 heterocycles. The second kappa shape index (κ2) is 5.72. The number of aromatic amines is 1. The molecule has 14 heavy (non-hydrogen) atoms. The molecule has 4 nitrogen and oxygen atoms in total. The Balaban J connectivity index is 0.000000980. The molecule has 7 heteroatoms. The van der Waals surface area contributed by atoms with Crippen LogP contribution in [0.5, 0.6) is 0 Å². The molecule has 0 unspecified atom stereocenters. The summed E-state index contributed by atoms with van der Waals surface area (Å²) in [6.45, 7) is 1.95. The van der Waals surface area contributed by atoms with Crippen molar-refractivity contribution < 1.29 is 0 Å². The normalized spacial score (nSPS) is 18.5. The molecule has 0 atom stereocenters. The highest BCUT2D eigenvalue weighted by Gasteiger charge is 2.09. The van der Waals surface area contributed by atoms with Crippen molar-refractivity contribution in [2.75, 3.05) is 13.1 Å². The fourth-order valence-electron chi connectivity index (χ4n) is 1.15. The highest BCUT2D eigenvalue weighted by atomic mass is 35.5. The summed E-state index contributed by atoms with van der Waals surface area (Å²) in [5, 5.41) is 8.40. The van der Waals surface area contributed by atoms with Crippen molar-refractivity contribution in [2.24, 2.45) is 4.99 Å². The highest BCUT2D eigenvalue weighted by Crippen LogP contribution is 1.99. The van der Waals surface area contributed by atoms with E-state index in [4.69, 9.17) is 11.6 Å². The van der Waals surface area contributed by atoms with Crippen LogP contribution >= 0.6 is 35.3 Å². The van der Waals surface area contributed by atoms with Gasteiger partial charge in [-0.3, -0.25) is 10.6 Å². The van der Waals surface area contributed by atoms with Gasteiger partial charge in [0.15, 0.2) is 11.1 Å². The largest absolute Gasteiger partial charge is 0.333 e. The van der Waals surface area contributed by atoms with Gasteiger partial charge in [0.2, 0.25) is 0 Å². The Bertz CT molecular complexity index is 328. The second-order valence-electron chi connectivity index (χ2n) is 2.76. The molecule has 0 amide bonds. The summed E-state index contributed by atoms with van der Waals surface area (Å²) in [5.74, 6) is 0.511. The fraction of sp³-hybridized carbons (Fsp3) is 0.571. The van der Waals surface area contributed by atoms with Crippen molar-refractivity contribution in [3.8, 4) is 0 Å². The van der Waals surface area contributed by atoms with Gasteiger partial charge < -0.3 is 4.98 Å². The van der Waals surface area contributed by atoms with E-state index >= 15 is 0 Å². The number of nitrogens with one attached hydrogen (secondary N) is 3. The first-order valence-electron chi connectivity index (χ1n) is 4.12. The van der Waals surface area contributed by atoms with Gasteiger partial charge in [0, 0.05) is 24.2 Å². The van der Waals surface area contributed by atoms with Gasteiger partial charge in [-0.1, -0.05) is 0 Å². The van der Waals surface area contributed by atoms with E-state index in [0.717, 1.165) is 23.6 Å². The molecule has 80 valence electrons. The van der Waals surface area contributed by atoms with E-state index in [-0.39, 0.29) is 18.7 Å². The van der Waals surface area contributed by atoms with E-state index in [1.807, 2.05) is 5.38 Å². The average molecular weight is 255 g/mol. The lowest BCUT2D eigenvalue weighted by Crippen LogP contribution is -2.30. The van der Waals surface area contributed by atoms with Crippen LogP contribution in [0.4, 0.5) is 0 Å². The molecule has 1 aromatic rings. The quantitative estimate of drug-likeness (QED) is 0.678. The van der Waals surface area contributed by atoms with E-state index in [9.17, 15) is 0 Å². The Kier molecular flexibility index (Phi) is 4.91. The molecule has 1 saturated heterocycles. The standard InChI is InChI=1S/C7H11ClN4S.ClH/c8-3-5-4-13-7(11-5)12-6-9-1-2-10-6;/h4,6,9-10H,1-3H2,(H,11,12);1H. The van der Waals surface area contributed by atoms with E-state index in [1.54, 1.807) is 11.3 Å². The Labute approximate surface area is 97.2 Å². The summed E-state index contributed by atoms with van der Waals surface area (Å²) in [6, 6.07) is 0. The molecule has 0 spiro atoms. The summed E-state index contributed by atoms with van der Waals surface area (Å²) >= 11 is 7.23. The third kappa shape index (κ3) is 2.96. The summed E-state index contributed by atoms with van der Waals surface area (Å²) in [6.07, 6.45) is 0.0538. The Hall–Kier alpha value is -0.0700. The Morgan fingerprint density at radius 2 is 2.21 bits per heavy atom. The van der Waals surface area contributed by atoms with Gasteiger partial charge >= 0.3 is 0 Å². The first-order valence-corrected chi connectivity index (χ1v) is 5.53. The van der Waals surface area contributed by atoms with E-state index in [1.165, 1.54) is 0 Å². The maximum absolute atomic E-state index is 5.66. The molecular formula is C7H12Cl2N4S. The smallest absolute Gasteiger partial charge is 0.185 e. The zero-order valence-electron chi connectivity index (χ0n) is 7.42. The molecule has 1 aliphatic heterocycles. The van der Waals surface area contributed by atoms with Crippen molar-refractivity contribution in [2.45, 2.75) is 12.2 Å².